The number of hydrogen-bond donors (Lipinski definition) is 0. The molecule has 0 spiro atoms. The van der Waals surface area contributed by atoms with Gasteiger partial charge in [-0.05, 0) is 24.4 Å². The summed E-state index contributed by atoms with van der Waals surface area (Å²) in [7, 11) is 5.05. The van der Waals surface area contributed by atoms with Crippen molar-refractivity contribution >= 4 is 16.5 Å². The van der Waals surface area contributed by atoms with Gasteiger partial charge in [0.25, 0.3) is 0 Å². The van der Waals surface area contributed by atoms with Crippen molar-refractivity contribution in [2.45, 2.75) is 51.3 Å². The second kappa shape index (κ2) is 4.62. The Bertz CT molecular complexity index is 140. The van der Waals surface area contributed by atoms with E-state index >= 15 is 0 Å². The third kappa shape index (κ3) is 2.74. The van der Waals surface area contributed by atoms with Gasteiger partial charge in [0, 0.05) is 6.00 Å². The molecule has 1 aliphatic heterocycles. The van der Waals surface area contributed by atoms with Crippen molar-refractivity contribution in [1.82, 2.24) is 0 Å². The lowest BCUT2D eigenvalue weighted by Gasteiger charge is -2.14. The van der Waals surface area contributed by atoms with Crippen LogP contribution >= 0.6 is 9.24 Å². The van der Waals surface area contributed by atoms with E-state index in [-0.39, 0.29) is 0 Å². The van der Waals surface area contributed by atoms with Gasteiger partial charge in [-0.2, -0.15) is 0 Å². The molecule has 0 aromatic rings. The van der Waals surface area contributed by atoms with Gasteiger partial charge in [0.15, 0.2) is 0 Å². The van der Waals surface area contributed by atoms with Gasteiger partial charge >= 0.3 is 0 Å². The van der Waals surface area contributed by atoms with Gasteiger partial charge in [-0.3, -0.25) is 0 Å². The molecule has 1 aliphatic rings. The Labute approximate surface area is 79.1 Å². The monoisotopic (exact) mass is 185 g/mol. The number of hydrogen-bond acceptors (Lipinski definition) is 1. The maximum atomic E-state index is 5.86. The van der Waals surface area contributed by atoms with Gasteiger partial charge in [-0.25, -0.2) is 0 Å². The summed E-state index contributed by atoms with van der Waals surface area (Å²) < 4.78 is 5.86. The first-order chi connectivity index (χ1) is 5.63. The number of ether oxygens (including phenoxy) is 1. The molecule has 0 amide bonds. The van der Waals surface area contributed by atoms with Crippen molar-refractivity contribution < 1.29 is 4.74 Å². The van der Waals surface area contributed by atoms with Crippen LogP contribution in [0.4, 0.5) is 0 Å². The Balaban J connectivity index is 2.33. The fraction of sp³-hybridized carbons (Fsp3) is 1.00. The molecule has 1 fully saturated rings. The Morgan fingerprint density at radius 1 is 1.58 bits per heavy atom. The summed E-state index contributed by atoms with van der Waals surface area (Å²) in [5.41, 5.74) is 0.638. The molecule has 0 saturated carbocycles. The summed E-state index contributed by atoms with van der Waals surface area (Å²) in [5, 5.41) is 0. The van der Waals surface area contributed by atoms with Crippen molar-refractivity contribution in [3.63, 3.8) is 0 Å². The molecule has 0 aromatic carbocycles. The van der Waals surface area contributed by atoms with Gasteiger partial charge < -0.3 is 4.74 Å². The normalized spacial score (nSPS) is 35.9. The lowest BCUT2D eigenvalue weighted by molar-refractivity contribution is 0.0723. The SMILES string of the molecule is C[B]C1OC(CC(C)C)C[C@H]1P. The van der Waals surface area contributed by atoms with Crippen molar-refractivity contribution in [3.05, 3.63) is 0 Å². The van der Waals surface area contributed by atoms with E-state index in [9.17, 15) is 0 Å². The number of rotatable bonds is 3. The van der Waals surface area contributed by atoms with E-state index in [1.807, 2.05) is 0 Å². The van der Waals surface area contributed by atoms with E-state index in [2.05, 4.69) is 37.2 Å². The third-order valence-corrected chi connectivity index (χ3v) is 3.02. The lowest BCUT2D eigenvalue weighted by Crippen LogP contribution is -2.21. The average molecular weight is 185 g/mol. The zero-order valence-electron chi connectivity index (χ0n) is 8.29. The van der Waals surface area contributed by atoms with Crippen LogP contribution in [0.3, 0.4) is 0 Å². The topological polar surface area (TPSA) is 9.23 Å². The van der Waals surface area contributed by atoms with Crippen LogP contribution in [0.2, 0.25) is 6.82 Å². The maximum absolute atomic E-state index is 5.86. The second-order valence-electron chi connectivity index (χ2n) is 4.09. The first kappa shape index (κ1) is 10.5. The molecule has 1 nitrogen and oxygen atoms in total. The molecule has 1 radical (unpaired) electrons. The van der Waals surface area contributed by atoms with E-state index in [0.717, 1.165) is 5.92 Å². The van der Waals surface area contributed by atoms with Crippen LogP contribution < -0.4 is 0 Å². The largest absolute Gasteiger partial charge is 0.383 e. The highest BCUT2D eigenvalue weighted by Crippen LogP contribution is 2.29. The van der Waals surface area contributed by atoms with Crippen molar-refractivity contribution in [3.8, 4) is 0 Å². The fourth-order valence-electron chi connectivity index (χ4n) is 1.82. The molecule has 3 heteroatoms. The third-order valence-electron chi connectivity index (χ3n) is 2.37. The molecule has 0 bridgehead atoms. The van der Waals surface area contributed by atoms with E-state index < -0.39 is 0 Å². The predicted octanol–water partition coefficient (Wildman–Crippen LogP) is 2.14. The van der Waals surface area contributed by atoms with E-state index in [1.165, 1.54) is 12.8 Å². The first-order valence-corrected chi connectivity index (χ1v) is 5.50. The molecule has 1 saturated heterocycles. The standard InChI is InChI=1S/C9H19BOP/c1-6(2)4-7-5-8(12)9(10-3)11-7/h6-9H,4-5,12H2,1-3H3/t7?,8-,9?/m1/s1. The van der Waals surface area contributed by atoms with Crippen molar-refractivity contribution in [2.24, 2.45) is 5.92 Å². The Morgan fingerprint density at radius 3 is 2.67 bits per heavy atom. The van der Waals surface area contributed by atoms with Crippen LogP contribution in [0.15, 0.2) is 0 Å². The quantitative estimate of drug-likeness (QED) is 0.483. The first-order valence-electron chi connectivity index (χ1n) is 4.84. The van der Waals surface area contributed by atoms with E-state index in [4.69, 9.17) is 4.74 Å². The van der Waals surface area contributed by atoms with Gasteiger partial charge in [0.05, 0.1) is 6.10 Å². The van der Waals surface area contributed by atoms with Crippen LogP contribution in [0, 0.1) is 5.92 Å². The van der Waals surface area contributed by atoms with Gasteiger partial charge in [0.2, 0.25) is 0 Å². The molecular weight excluding hydrogens is 166 g/mol. The second-order valence-corrected chi connectivity index (χ2v) is 4.94. The highest BCUT2D eigenvalue weighted by atomic mass is 31.0. The Hall–Kier alpha value is 0.455. The Morgan fingerprint density at radius 2 is 2.25 bits per heavy atom. The summed E-state index contributed by atoms with van der Waals surface area (Å²) >= 11 is 0. The summed E-state index contributed by atoms with van der Waals surface area (Å²) in [4.78, 5) is 0. The van der Waals surface area contributed by atoms with Gasteiger partial charge in [-0.15, -0.1) is 9.24 Å². The molecule has 12 heavy (non-hydrogen) atoms. The van der Waals surface area contributed by atoms with Crippen molar-refractivity contribution in [2.75, 3.05) is 0 Å². The van der Waals surface area contributed by atoms with Crippen LogP contribution in [0.1, 0.15) is 26.7 Å². The fourth-order valence-corrected chi connectivity index (χ4v) is 2.44. The van der Waals surface area contributed by atoms with Crippen LogP contribution in [0.25, 0.3) is 0 Å². The van der Waals surface area contributed by atoms with Crippen molar-refractivity contribution in [1.29, 1.82) is 0 Å². The summed E-state index contributed by atoms with van der Waals surface area (Å²) in [6.45, 7) is 6.59. The van der Waals surface area contributed by atoms with Crippen LogP contribution in [0.5, 0.6) is 0 Å². The minimum Gasteiger partial charge on any atom is -0.383 e. The molecule has 69 valence electrons. The zero-order chi connectivity index (χ0) is 9.14. The van der Waals surface area contributed by atoms with E-state index in [1.54, 1.807) is 0 Å². The molecule has 0 aromatic heterocycles. The van der Waals surface area contributed by atoms with Gasteiger partial charge in [0.1, 0.15) is 7.28 Å². The molecule has 1 rings (SSSR count). The predicted molar refractivity (Wildman–Crippen MR) is 57.8 cm³/mol. The zero-order valence-corrected chi connectivity index (χ0v) is 9.44. The smallest absolute Gasteiger partial charge is 0.146 e. The summed E-state index contributed by atoms with van der Waals surface area (Å²) in [6.07, 6.45) is 2.90. The van der Waals surface area contributed by atoms with Crippen LogP contribution in [-0.4, -0.2) is 25.0 Å². The average Bonchev–Trinajstić information content (AvgIpc) is 2.29. The Kier molecular flexibility index (Phi) is 4.06. The maximum Gasteiger partial charge on any atom is 0.146 e. The summed E-state index contributed by atoms with van der Waals surface area (Å²) in [6, 6.07) is 0.374. The lowest BCUT2D eigenvalue weighted by atomic mass is 9.73. The molecule has 0 aliphatic carbocycles. The molecule has 1 heterocycles. The van der Waals surface area contributed by atoms with E-state index in [0.29, 0.717) is 17.8 Å². The highest BCUT2D eigenvalue weighted by Gasteiger charge is 2.30. The van der Waals surface area contributed by atoms with Gasteiger partial charge in [-0.1, -0.05) is 20.7 Å². The van der Waals surface area contributed by atoms with Crippen LogP contribution in [-0.2, 0) is 4.74 Å². The highest BCUT2D eigenvalue weighted by molar-refractivity contribution is 7.18. The molecule has 4 atom stereocenters. The minimum absolute atomic E-state index is 0.374. The molecule has 0 N–H and O–H groups in total. The minimum atomic E-state index is 0.374. The summed E-state index contributed by atoms with van der Waals surface area (Å²) in [5.74, 6) is 0.753. The molecule has 3 unspecified atom stereocenters. The molecular formula is C9H19BOP.